The number of unbranched alkanes of at least 4 members (excludes halogenated alkanes) is 2. The first-order valence-electron chi connectivity index (χ1n) is 9.55. The summed E-state index contributed by atoms with van der Waals surface area (Å²) in [6.45, 7) is 13.0. The molecule has 0 N–H and O–H groups in total. The summed E-state index contributed by atoms with van der Waals surface area (Å²) in [5.74, 6) is 0.273. The summed E-state index contributed by atoms with van der Waals surface area (Å²) < 4.78 is 6.54. The summed E-state index contributed by atoms with van der Waals surface area (Å²) in [6, 6.07) is 3.75. The van der Waals surface area contributed by atoms with E-state index in [1.54, 1.807) is 6.08 Å². The van der Waals surface area contributed by atoms with Crippen molar-refractivity contribution < 1.29 is 9.22 Å². The fourth-order valence-corrected chi connectivity index (χ4v) is 5.83. The fourth-order valence-electron chi connectivity index (χ4n) is 2.91. The summed E-state index contributed by atoms with van der Waals surface area (Å²) in [7, 11) is -1.43. The molecule has 0 aromatic carbocycles. The number of rotatable bonds is 11. The molecule has 0 aromatic heterocycles. The SMILES string of the molecule is C=CCC(CCCCC)O[Si](CC)(CC)CC.O=C1C=CCC1. The molecule has 0 fully saturated rings. The van der Waals surface area contributed by atoms with E-state index in [-0.39, 0.29) is 5.78 Å². The number of carbonyl (C=O) groups is 1. The highest BCUT2D eigenvalue weighted by atomic mass is 28.4. The van der Waals surface area contributed by atoms with Gasteiger partial charge >= 0.3 is 0 Å². The van der Waals surface area contributed by atoms with Gasteiger partial charge in [0.05, 0.1) is 0 Å². The maximum atomic E-state index is 10.2. The van der Waals surface area contributed by atoms with Gasteiger partial charge in [-0.2, -0.15) is 0 Å². The second-order valence-electron chi connectivity index (χ2n) is 6.41. The van der Waals surface area contributed by atoms with Gasteiger partial charge in [-0.05, 0) is 43.5 Å². The van der Waals surface area contributed by atoms with Crippen LogP contribution in [0.2, 0.25) is 18.1 Å². The lowest BCUT2D eigenvalue weighted by atomic mass is 10.1. The Hall–Kier alpha value is -0.673. The highest BCUT2D eigenvalue weighted by Gasteiger charge is 2.31. The first-order chi connectivity index (χ1) is 11.1. The third kappa shape index (κ3) is 9.93. The van der Waals surface area contributed by atoms with E-state index in [2.05, 4.69) is 34.3 Å². The van der Waals surface area contributed by atoms with Gasteiger partial charge in [0.15, 0.2) is 14.1 Å². The van der Waals surface area contributed by atoms with Crippen molar-refractivity contribution in [3.63, 3.8) is 0 Å². The third-order valence-electron chi connectivity index (χ3n) is 4.77. The molecule has 3 heteroatoms. The van der Waals surface area contributed by atoms with Gasteiger partial charge in [-0.1, -0.05) is 59.1 Å². The lowest BCUT2D eigenvalue weighted by Gasteiger charge is -2.33. The van der Waals surface area contributed by atoms with Crippen molar-refractivity contribution in [3.05, 3.63) is 24.8 Å². The van der Waals surface area contributed by atoms with Crippen LogP contribution in [0.3, 0.4) is 0 Å². The van der Waals surface area contributed by atoms with Crippen molar-refractivity contribution >= 4 is 14.1 Å². The second kappa shape index (κ2) is 13.7. The molecule has 0 heterocycles. The minimum atomic E-state index is -1.43. The van der Waals surface area contributed by atoms with Crippen LogP contribution in [0, 0.1) is 0 Å². The van der Waals surface area contributed by atoms with Crippen LogP contribution in [-0.2, 0) is 9.22 Å². The normalized spacial score (nSPS) is 15.2. The van der Waals surface area contributed by atoms with Crippen LogP contribution in [0.1, 0.15) is 72.6 Å². The maximum Gasteiger partial charge on any atom is 0.192 e. The number of allylic oxidation sites excluding steroid dienone is 2. The average molecular weight is 339 g/mol. The summed E-state index contributed by atoms with van der Waals surface area (Å²) in [4.78, 5) is 10.2. The van der Waals surface area contributed by atoms with Crippen molar-refractivity contribution in [3.8, 4) is 0 Å². The molecular formula is C20H38O2Si. The van der Waals surface area contributed by atoms with Gasteiger partial charge in [0, 0.05) is 12.5 Å². The molecule has 0 aliphatic heterocycles. The molecule has 0 saturated heterocycles. The zero-order valence-corrected chi connectivity index (χ0v) is 16.9. The van der Waals surface area contributed by atoms with E-state index in [4.69, 9.17) is 4.43 Å². The molecule has 2 nitrogen and oxygen atoms in total. The minimum Gasteiger partial charge on any atom is -0.414 e. The Kier molecular flexibility index (Phi) is 13.3. The Balaban J connectivity index is 0.000000664. The molecule has 0 saturated carbocycles. The predicted molar refractivity (Wildman–Crippen MR) is 104 cm³/mol. The smallest absolute Gasteiger partial charge is 0.192 e. The fraction of sp³-hybridized carbons (Fsp3) is 0.750. The van der Waals surface area contributed by atoms with Gasteiger partial charge in [0.1, 0.15) is 0 Å². The molecule has 1 unspecified atom stereocenters. The summed E-state index contributed by atoms with van der Waals surface area (Å²) in [5, 5.41) is 0. The Morgan fingerprint density at radius 2 is 1.87 bits per heavy atom. The molecule has 1 rings (SSSR count). The standard InChI is InChI=1S/C15H32OSi.C5H6O/c1-6-11-12-14-15(13-7-2)16-17(8-3,9-4)10-5;6-5-3-1-2-4-5/h7,15H,2,6,8-14H2,1,3-5H3;1,3H,2,4H2. The van der Waals surface area contributed by atoms with E-state index in [1.807, 2.05) is 12.2 Å². The monoisotopic (exact) mass is 338 g/mol. The van der Waals surface area contributed by atoms with Crippen molar-refractivity contribution in [2.24, 2.45) is 0 Å². The molecule has 0 amide bonds. The van der Waals surface area contributed by atoms with Gasteiger partial charge in [-0.3, -0.25) is 4.79 Å². The maximum absolute atomic E-state index is 10.2. The van der Waals surface area contributed by atoms with Crippen molar-refractivity contribution in [2.45, 2.75) is 96.9 Å². The average Bonchev–Trinajstić information content (AvgIpc) is 3.04. The molecule has 134 valence electrons. The van der Waals surface area contributed by atoms with Crippen LogP contribution in [0.4, 0.5) is 0 Å². The highest BCUT2D eigenvalue weighted by Crippen LogP contribution is 2.26. The predicted octanol–water partition coefficient (Wildman–Crippen LogP) is 6.44. The Morgan fingerprint density at radius 3 is 2.22 bits per heavy atom. The topological polar surface area (TPSA) is 26.3 Å². The highest BCUT2D eigenvalue weighted by molar-refractivity contribution is 6.73. The first kappa shape index (κ1) is 22.3. The van der Waals surface area contributed by atoms with Gasteiger partial charge in [0.25, 0.3) is 0 Å². The van der Waals surface area contributed by atoms with E-state index in [0.717, 1.165) is 19.3 Å². The van der Waals surface area contributed by atoms with Crippen LogP contribution in [-0.4, -0.2) is 20.2 Å². The Bertz CT molecular complexity index is 337. The van der Waals surface area contributed by atoms with Crippen LogP contribution in [0.15, 0.2) is 24.8 Å². The van der Waals surface area contributed by atoms with Crippen molar-refractivity contribution in [1.29, 1.82) is 0 Å². The van der Waals surface area contributed by atoms with Gasteiger partial charge in [-0.15, -0.1) is 6.58 Å². The van der Waals surface area contributed by atoms with Crippen LogP contribution >= 0.6 is 0 Å². The zero-order chi connectivity index (χ0) is 17.6. The molecule has 0 bridgehead atoms. The molecule has 1 aliphatic rings. The van der Waals surface area contributed by atoms with Gasteiger partial charge in [-0.25, -0.2) is 0 Å². The molecule has 0 aromatic rings. The molecule has 1 atom stereocenters. The zero-order valence-electron chi connectivity index (χ0n) is 15.9. The van der Waals surface area contributed by atoms with Crippen molar-refractivity contribution in [2.75, 3.05) is 0 Å². The number of carbonyl (C=O) groups excluding carboxylic acids is 1. The quantitative estimate of drug-likeness (QED) is 0.246. The second-order valence-corrected chi connectivity index (χ2v) is 11.1. The first-order valence-corrected chi connectivity index (χ1v) is 12.1. The molecule has 0 spiro atoms. The van der Waals surface area contributed by atoms with Crippen LogP contribution in [0.25, 0.3) is 0 Å². The van der Waals surface area contributed by atoms with Crippen molar-refractivity contribution in [1.82, 2.24) is 0 Å². The molecule has 23 heavy (non-hydrogen) atoms. The number of hydrogen-bond acceptors (Lipinski definition) is 2. The van der Waals surface area contributed by atoms with E-state index < -0.39 is 8.32 Å². The lowest BCUT2D eigenvalue weighted by Crippen LogP contribution is -2.39. The number of hydrogen-bond donors (Lipinski definition) is 0. The lowest BCUT2D eigenvalue weighted by molar-refractivity contribution is -0.114. The molecule has 1 aliphatic carbocycles. The van der Waals surface area contributed by atoms with Crippen LogP contribution in [0.5, 0.6) is 0 Å². The Labute approximate surface area is 145 Å². The number of ketones is 1. The van der Waals surface area contributed by atoms with Gasteiger partial charge < -0.3 is 4.43 Å². The minimum absolute atomic E-state index is 0.273. The van der Waals surface area contributed by atoms with E-state index in [0.29, 0.717) is 6.10 Å². The van der Waals surface area contributed by atoms with E-state index in [1.165, 1.54) is 43.8 Å². The van der Waals surface area contributed by atoms with E-state index in [9.17, 15) is 4.79 Å². The van der Waals surface area contributed by atoms with Crippen LogP contribution < -0.4 is 0 Å². The molecular weight excluding hydrogens is 300 g/mol. The molecule has 0 radical (unpaired) electrons. The third-order valence-corrected chi connectivity index (χ3v) is 9.47. The summed E-state index contributed by atoms with van der Waals surface area (Å²) in [5.41, 5.74) is 0. The summed E-state index contributed by atoms with van der Waals surface area (Å²) >= 11 is 0. The van der Waals surface area contributed by atoms with E-state index >= 15 is 0 Å². The summed E-state index contributed by atoms with van der Waals surface area (Å²) in [6.07, 6.45) is 13.9. The Morgan fingerprint density at radius 1 is 1.22 bits per heavy atom. The largest absolute Gasteiger partial charge is 0.414 e. The van der Waals surface area contributed by atoms with Gasteiger partial charge in [0.2, 0.25) is 0 Å².